The van der Waals surface area contributed by atoms with Gasteiger partial charge in [0.15, 0.2) is 6.04 Å². The monoisotopic (exact) mass is 491 g/mol. The van der Waals surface area contributed by atoms with Gasteiger partial charge in [-0.2, -0.15) is 4.98 Å². The van der Waals surface area contributed by atoms with Crippen molar-refractivity contribution in [1.82, 2.24) is 31.1 Å². The lowest BCUT2D eigenvalue weighted by atomic mass is 10.1. The van der Waals surface area contributed by atoms with Crippen molar-refractivity contribution in [2.45, 2.75) is 13.0 Å². The normalized spacial score (nSPS) is 13.8. The molecule has 1 aliphatic rings. The fourth-order valence-electron chi connectivity index (χ4n) is 2.85. The fourth-order valence-corrected chi connectivity index (χ4v) is 2.85. The first kappa shape index (κ1) is 25.4. The van der Waals surface area contributed by atoms with E-state index in [1.54, 1.807) is 26.3 Å². The number of carbonyl (C=O) groups is 4. The number of urea groups is 1. The second-order valence-corrected chi connectivity index (χ2v) is 7.17. The minimum absolute atomic E-state index is 0.0867. The fraction of sp³-hybridized carbons (Fsp3) is 0.174. The predicted molar refractivity (Wildman–Crippen MR) is 125 cm³/mol. The van der Waals surface area contributed by atoms with Crippen LogP contribution >= 0.6 is 0 Å². The summed E-state index contributed by atoms with van der Waals surface area (Å²) in [5, 5.41) is 10.6. The standard InChI is InChI=1S/C13H8N6O4.C10H13NO2/c14-9(20)12-17-10(19-23-12)7-3-6(4-15-5-7)1-2-8-11(21)18-13(22)16-8;1-7-4-5-8(13-3)6-9(7)10(12)11-2/h3-5,8H,(H2,14,20)(H2,16,18,21,22);4-6H,1-3H3,(H,11,12). The maximum Gasteiger partial charge on any atom is 0.322 e. The number of hydrogen-bond acceptors (Lipinski definition) is 9. The predicted octanol–water partition coefficient (Wildman–Crippen LogP) is 0.153. The van der Waals surface area contributed by atoms with Gasteiger partial charge in [-0.3, -0.25) is 24.7 Å². The highest BCUT2D eigenvalue weighted by molar-refractivity contribution is 6.05. The largest absolute Gasteiger partial charge is 0.497 e. The first-order valence-corrected chi connectivity index (χ1v) is 10.3. The Bertz CT molecular complexity index is 1390. The molecular formula is C23H21N7O6. The smallest absolute Gasteiger partial charge is 0.322 e. The highest BCUT2D eigenvalue weighted by Crippen LogP contribution is 2.17. The molecule has 0 bridgehead atoms. The molecule has 36 heavy (non-hydrogen) atoms. The van der Waals surface area contributed by atoms with Gasteiger partial charge in [0.05, 0.1) is 7.11 Å². The molecule has 1 atom stereocenters. The van der Waals surface area contributed by atoms with Crippen LogP contribution in [0.5, 0.6) is 5.75 Å². The summed E-state index contributed by atoms with van der Waals surface area (Å²) < 4.78 is 9.71. The number of pyridine rings is 1. The number of hydrogen-bond donors (Lipinski definition) is 4. The van der Waals surface area contributed by atoms with Crippen LogP contribution in [0.2, 0.25) is 0 Å². The minimum atomic E-state index is -0.919. The Morgan fingerprint density at radius 1 is 1.22 bits per heavy atom. The van der Waals surface area contributed by atoms with Crippen molar-refractivity contribution in [3.63, 3.8) is 0 Å². The van der Waals surface area contributed by atoms with Gasteiger partial charge in [-0.25, -0.2) is 4.79 Å². The van der Waals surface area contributed by atoms with Crippen molar-refractivity contribution in [2.75, 3.05) is 14.2 Å². The lowest BCUT2D eigenvalue weighted by Crippen LogP contribution is -2.26. The number of carbonyl (C=O) groups excluding carboxylic acids is 4. The van der Waals surface area contributed by atoms with E-state index in [0.717, 1.165) is 5.56 Å². The van der Waals surface area contributed by atoms with Crippen LogP contribution in [0.25, 0.3) is 11.4 Å². The second-order valence-electron chi connectivity index (χ2n) is 7.17. The van der Waals surface area contributed by atoms with Crippen molar-refractivity contribution in [3.05, 3.63) is 59.2 Å². The lowest BCUT2D eigenvalue weighted by molar-refractivity contribution is -0.119. The van der Waals surface area contributed by atoms with Crippen LogP contribution < -0.4 is 26.4 Å². The molecule has 4 rings (SSSR count). The molecule has 0 saturated carbocycles. The van der Waals surface area contributed by atoms with Gasteiger partial charge in [-0.15, -0.1) is 0 Å². The van der Waals surface area contributed by atoms with Gasteiger partial charge in [-0.1, -0.05) is 23.1 Å². The number of benzene rings is 1. The summed E-state index contributed by atoms with van der Waals surface area (Å²) in [7, 11) is 3.19. The molecule has 1 aromatic carbocycles. The first-order valence-electron chi connectivity index (χ1n) is 10.3. The number of methoxy groups -OCH3 is 1. The van der Waals surface area contributed by atoms with E-state index in [4.69, 9.17) is 10.5 Å². The summed E-state index contributed by atoms with van der Waals surface area (Å²) in [4.78, 5) is 52.4. The average Bonchev–Trinajstić information content (AvgIpc) is 3.49. The molecule has 2 aromatic heterocycles. The zero-order valence-electron chi connectivity index (χ0n) is 19.4. The quantitative estimate of drug-likeness (QED) is 0.290. The molecule has 0 spiro atoms. The second kappa shape index (κ2) is 11.3. The molecule has 5 N–H and O–H groups in total. The number of primary amides is 1. The van der Waals surface area contributed by atoms with Gasteiger partial charge in [0.25, 0.3) is 11.8 Å². The molecule has 0 aliphatic carbocycles. The van der Waals surface area contributed by atoms with Crippen LogP contribution in [0.1, 0.15) is 32.2 Å². The molecule has 1 fully saturated rings. The van der Waals surface area contributed by atoms with Crippen LogP contribution in [0.4, 0.5) is 4.79 Å². The Morgan fingerprint density at radius 3 is 2.61 bits per heavy atom. The number of aromatic nitrogens is 3. The number of aryl methyl sites for hydroxylation is 1. The summed E-state index contributed by atoms with van der Waals surface area (Å²) in [6, 6.07) is 5.51. The Labute approximate surface area is 204 Å². The maximum atomic E-state index is 11.4. The van der Waals surface area contributed by atoms with E-state index in [1.165, 1.54) is 12.4 Å². The van der Waals surface area contributed by atoms with E-state index in [0.29, 0.717) is 22.4 Å². The van der Waals surface area contributed by atoms with E-state index in [-0.39, 0.29) is 17.6 Å². The highest BCUT2D eigenvalue weighted by Gasteiger charge is 2.27. The van der Waals surface area contributed by atoms with Gasteiger partial charge < -0.3 is 25.6 Å². The summed E-state index contributed by atoms with van der Waals surface area (Å²) in [6.45, 7) is 1.89. The Morgan fingerprint density at radius 2 is 2.00 bits per heavy atom. The van der Waals surface area contributed by atoms with Crippen LogP contribution in [0, 0.1) is 18.8 Å². The molecular weight excluding hydrogens is 470 g/mol. The number of imide groups is 1. The molecule has 1 aliphatic heterocycles. The van der Waals surface area contributed by atoms with E-state index in [9.17, 15) is 19.2 Å². The minimum Gasteiger partial charge on any atom is -0.497 e. The van der Waals surface area contributed by atoms with Crippen molar-refractivity contribution in [3.8, 4) is 29.0 Å². The number of amides is 5. The van der Waals surface area contributed by atoms with E-state index in [1.807, 2.05) is 19.1 Å². The average molecular weight is 491 g/mol. The molecule has 5 amide bonds. The van der Waals surface area contributed by atoms with E-state index >= 15 is 0 Å². The van der Waals surface area contributed by atoms with Crippen LogP contribution in [0.3, 0.4) is 0 Å². The van der Waals surface area contributed by atoms with Crippen molar-refractivity contribution in [1.29, 1.82) is 0 Å². The summed E-state index contributed by atoms with van der Waals surface area (Å²) in [6.07, 6.45) is 2.91. The third-order valence-electron chi connectivity index (χ3n) is 4.68. The van der Waals surface area contributed by atoms with Crippen LogP contribution in [0.15, 0.2) is 41.2 Å². The molecule has 1 unspecified atom stereocenters. The summed E-state index contributed by atoms with van der Waals surface area (Å²) in [5.74, 6) is 4.38. The Kier molecular flexibility index (Phi) is 7.93. The number of nitrogens with zero attached hydrogens (tertiary/aromatic N) is 3. The first-order chi connectivity index (χ1) is 17.2. The molecule has 3 aromatic rings. The van der Waals surface area contributed by atoms with Gasteiger partial charge in [0.2, 0.25) is 5.82 Å². The van der Waals surface area contributed by atoms with Crippen LogP contribution in [-0.2, 0) is 4.79 Å². The zero-order chi connectivity index (χ0) is 26.2. The van der Waals surface area contributed by atoms with Gasteiger partial charge >= 0.3 is 17.8 Å². The van der Waals surface area contributed by atoms with Crippen LogP contribution in [-0.4, -0.2) is 59.1 Å². The van der Waals surface area contributed by atoms with Gasteiger partial charge in [-0.05, 0) is 30.7 Å². The molecule has 13 heteroatoms. The molecule has 3 heterocycles. The summed E-state index contributed by atoms with van der Waals surface area (Å²) >= 11 is 0. The van der Waals surface area contributed by atoms with Crippen molar-refractivity contribution >= 4 is 23.8 Å². The third kappa shape index (κ3) is 6.20. The maximum absolute atomic E-state index is 11.4. The number of ether oxygens (including phenoxy) is 1. The number of rotatable bonds is 4. The Hall–Kier alpha value is -5.25. The number of nitrogens with one attached hydrogen (secondary N) is 3. The summed E-state index contributed by atoms with van der Waals surface area (Å²) in [5.41, 5.74) is 7.54. The zero-order valence-corrected chi connectivity index (χ0v) is 19.4. The van der Waals surface area contributed by atoms with Crippen molar-refractivity contribution < 1.29 is 28.4 Å². The van der Waals surface area contributed by atoms with Gasteiger partial charge in [0, 0.05) is 36.1 Å². The third-order valence-corrected chi connectivity index (χ3v) is 4.68. The lowest BCUT2D eigenvalue weighted by Gasteiger charge is -2.06. The van der Waals surface area contributed by atoms with E-state index < -0.39 is 23.9 Å². The molecule has 184 valence electrons. The highest BCUT2D eigenvalue weighted by atomic mass is 16.5. The molecule has 0 radical (unpaired) electrons. The van der Waals surface area contributed by atoms with Crippen molar-refractivity contribution in [2.24, 2.45) is 5.73 Å². The Balaban J connectivity index is 0.000000236. The van der Waals surface area contributed by atoms with E-state index in [2.05, 4.69) is 47.4 Å². The molecule has 13 nitrogen and oxygen atoms in total. The SMILES string of the molecule is CNC(=O)c1cc(OC)ccc1C.NC(=O)c1nc(-c2cncc(C#CC3NC(=O)NC3=O)c2)no1. The number of nitrogens with two attached hydrogens (primary N) is 1. The topological polar surface area (TPSA) is 191 Å². The van der Waals surface area contributed by atoms with Gasteiger partial charge in [0.1, 0.15) is 5.75 Å². The molecule has 1 saturated heterocycles.